The van der Waals surface area contributed by atoms with E-state index in [1.165, 1.54) is 17.8 Å². The van der Waals surface area contributed by atoms with Crippen LogP contribution in [0.3, 0.4) is 0 Å². The van der Waals surface area contributed by atoms with Gasteiger partial charge in [0.2, 0.25) is 0 Å². The number of rotatable bonds is 1. The molecule has 5 nitrogen and oxygen atoms in total. The molecule has 0 aliphatic rings. The Bertz CT molecular complexity index is 1420. The van der Waals surface area contributed by atoms with Crippen molar-refractivity contribution in [3.63, 3.8) is 0 Å². The number of halogens is 2. The van der Waals surface area contributed by atoms with Gasteiger partial charge in [-0.25, -0.2) is 18.1 Å². The third-order valence-corrected chi connectivity index (χ3v) is 5.48. The van der Waals surface area contributed by atoms with Gasteiger partial charge in [-0.3, -0.25) is 14.3 Å². The van der Waals surface area contributed by atoms with Crippen LogP contribution in [0, 0.1) is 30.4 Å². The van der Waals surface area contributed by atoms with Crippen LogP contribution in [0.25, 0.3) is 15.9 Å². The second kappa shape index (κ2) is 7.11. The first-order valence-corrected chi connectivity index (χ1v) is 9.37. The fourth-order valence-electron chi connectivity index (χ4n) is 3.07. The van der Waals surface area contributed by atoms with Crippen molar-refractivity contribution in [3.05, 3.63) is 91.2 Å². The molecule has 0 fully saturated rings. The van der Waals surface area contributed by atoms with Gasteiger partial charge in [-0.05, 0) is 42.1 Å². The zero-order valence-corrected chi connectivity index (χ0v) is 16.2. The molecule has 0 aliphatic carbocycles. The van der Waals surface area contributed by atoms with Gasteiger partial charge in [0, 0.05) is 30.6 Å². The average Bonchev–Trinajstić information content (AvgIpc) is 3.09. The SMILES string of the molecule is Cc1csc2c(=O)n(-c3c(F)cc(C#Cc4cccnc4)cc3F)c(=O)n(C)c12. The average molecular weight is 409 g/mol. The predicted molar refractivity (Wildman–Crippen MR) is 108 cm³/mol. The van der Waals surface area contributed by atoms with Gasteiger partial charge in [-0.1, -0.05) is 11.8 Å². The van der Waals surface area contributed by atoms with Crippen LogP contribution >= 0.6 is 11.3 Å². The zero-order valence-electron chi connectivity index (χ0n) is 15.4. The second-order valence-electron chi connectivity index (χ2n) is 6.36. The van der Waals surface area contributed by atoms with Crippen molar-refractivity contribution in [1.29, 1.82) is 0 Å². The van der Waals surface area contributed by atoms with Crippen LogP contribution in [0.4, 0.5) is 8.78 Å². The van der Waals surface area contributed by atoms with Gasteiger partial charge in [0.25, 0.3) is 5.56 Å². The maximum atomic E-state index is 14.8. The maximum absolute atomic E-state index is 14.8. The normalized spacial score (nSPS) is 10.8. The molecule has 0 bridgehead atoms. The molecule has 0 saturated heterocycles. The third kappa shape index (κ3) is 3.15. The van der Waals surface area contributed by atoms with Crippen LogP contribution in [-0.4, -0.2) is 14.1 Å². The van der Waals surface area contributed by atoms with Crippen molar-refractivity contribution in [1.82, 2.24) is 14.1 Å². The summed E-state index contributed by atoms with van der Waals surface area (Å²) in [6.45, 7) is 1.76. The van der Waals surface area contributed by atoms with E-state index in [1.54, 1.807) is 30.6 Å². The quantitative estimate of drug-likeness (QED) is 0.454. The minimum Gasteiger partial charge on any atom is -0.295 e. The van der Waals surface area contributed by atoms with E-state index in [4.69, 9.17) is 0 Å². The third-order valence-electron chi connectivity index (χ3n) is 4.41. The number of hydrogen-bond acceptors (Lipinski definition) is 4. The number of fused-ring (bicyclic) bond motifs is 1. The summed E-state index contributed by atoms with van der Waals surface area (Å²) >= 11 is 1.13. The Morgan fingerprint density at radius 1 is 1.10 bits per heavy atom. The summed E-state index contributed by atoms with van der Waals surface area (Å²) in [4.78, 5) is 29.4. The summed E-state index contributed by atoms with van der Waals surface area (Å²) in [6, 6.07) is 5.40. The number of hydrogen-bond donors (Lipinski definition) is 0. The number of thiophene rings is 1. The molecule has 0 N–H and O–H groups in total. The van der Waals surface area contributed by atoms with Gasteiger partial charge in [0.05, 0.1) is 5.52 Å². The van der Waals surface area contributed by atoms with Gasteiger partial charge in [-0.15, -0.1) is 11.3 Å². The Kier molecular flexibility index (Phi) is 4.60. The minimum absolute atomic E-state index is 0.0746. The van der Waals surface area contributed by atoms with Crippen molar-refractivity contribution in [2.75, 3.05) is 0 Å². The van der Waals surface area contributed by atoms with E-state index in [2.05, 4.69) is 16.8 Å². The molecule has 0 spiro atoms. The first kappa shape index (κ1) is 18.8. The highest BCUT2D eigenvalue weighted by Crippen LogP contribution is 2.22. The molecule has 29 heavy (non-hydrogen) atoms. The van der Waals surface area contributed by atoms with Crippen molar-refractivity contribution < 1.29 is 8.78 Å². The van der Waals surface area contributed by atoms with Gasteiger partial charge < -0.3 is 0 Å². The molecule has 144 valence electrons. The first-order chi connectivity index (χ1) is 13.9. The van der Waals surface area contributed by atoms with E-state index in [0.29, 0.717) is 15.6 Å². The Morgan fingerprint density at radius 2 is 1.79 bits per heavy atom. The molecule has 1 aromatic carbocycles. The molecular formula is C21H13F2N3O2S. The summed E-state index contributed by atoms with van der Waals surface area (Å²) < 4.78 is 31.6. The summed E-state index contributed by atoms with van der Waals surface area (Å²) in [7, 11) is 1.46. The Hall–Kier alpha value is -3.57. The van der Waals surface area contributed by atoms with Crippen molar-refractivity contribution >= 4 is 21.6 Å². The van der Waals surface area contributed by atoms with Gasteiger partial charge in [0.15, 0.2) is 11.6 Å². The van der Waals surface area contributed by atoms with Crippen LogP contribution in [0.15, 0.2) is 51.6 Å². The second-order valence-corrected chi connectivity index (χ2v) is 7.24. The lowest BCUT2D eigenvalue weighted by molar-refractivity contribution is 0.559. The van der Waals surface area contributed by atoms with Crippen molar-refractivity contribution in [2.24, 2.45) is 7.05 Å². The zero-order chi connectivity index (χ0) is 20.7. The summed E-state index contributed by atoms with van der Waals surface area (Å²) in [5.74, 6) is 3.31. The maximum Gasteiger partial charge on any atom is 0.336 e. The van der Waals surface area contributed by atoms with E-state index in [1.807, 2.05) is 0 Å². The summed E-state index contributed by atoms with van der Waals surface area (Å²) in [5.41, 5.74) is -0.428. The van der Waals surface area contributed by atoms with E-state index >= 15 is 0 Å². The molecule has 0 aliphatic heterocycles. The van der Waals surface area contributed by atoms with E-state index in [9.17, 15) is 18.4 Å². The standard InChI is InChI=1S/C21H13F2N3O2S/c1-12-11-29-19-17(12)25(2)21(28)26(20(19)27)18-15(22)8-14(9-16(18)23)6-5-13-4-3-7-24-10-13/h3-4,7-11H,1-2H3. The molecule has 8 heteroatoms. The number of aromatic nitrogens is 3. The van der Waals surface area contributed by atoms with E-state index < -0.39 is 28.6 Å². The highest BCUT2D eigenvalue weighted by atomic mass is 32.1. The summed E-state index contributed by atoms with van der Waals surface area (Å²) in [6.07, 6.45) is 3.11. The number of benzene rings is 1. The monoisotopic (exact) mass is 409 g/mol. The molecule has 0 unspecified atom stereocenters. The molecular weight excluding hydrogens is 396 g/mol. The summed E-state index contributed by atoms with van der Waals surface area (Å²) in [5, 5.41) is 1.72. The molecule has 0 radical (unpaired) electrons. The molecule has 0 atom stereocenters. The lowest BCUT2D eigenvalue weighted by atomic mass is 10.1. The minimum atomic E-state index is -1.05. The van der Waals surface area contributed by atoms with Gasteiger partial charge in [0.1, 0.15) is 10.4 Å². The van der Waals surface area contributed by atoms with Crippen LogP contribution in [0.5, 0.6) is 0 Å². The lowest BCUT2D eigenvalue weighted by Gasteiger charge is -2.11. The van der Waals surface area contributed by atoms with Gasteiger partial charge in [-0.2, -0.15) is 0 Å². The van der Waals surface area contributed by atoms with Crippen LogP contribution in [-0.2, 0) is 7.05 Å². The fourth-order valence-corrected chi connectivity index (χ4v) is 4.08. The molecule has 0 amide bonds. The molecule has 4 rings (SSSR count). The topological polar surface area (TPSA) is 56.9 Å². The fraction of sp³-hybridized carbons (Fsp3) is 0.0952. The molecule has 4 aromatic rings. The smallest absolute Gasteiger partial charge is 0.295 e. The van der Waals surface area contributed by atoms with Crippen LogP contribution in [0.1, 0.15) is 16.7 Å². The largest absolute Gasteiger partial charge is 0.336 e. The highest BCUT2D eigenvalue weighted by Gasteiger charge is 2.21. The first-order valence-electron chi connectivity index (χ1n) is 8.50. The predicted octanol–water partition coefficient (Wildman–Crippen LogP) is 3.13. The Morgan fingerprint density at radius 3 is 2.45 bits per heavy atom. The van der Waals surface area contributed by atoms with E-state index in [-0.39, 0.29) is 10.3 Å². The Labute approximate surface area is 167 Å². The molecule has 0 saturated carbocycles. The number of aryl methyl sites for hydroxylation is 2. The number of pyridine rings is 1. The van der Waals surface area contributed by atoms with Crippen molar-refractivity contribution in [3.8, 4) is 17.5 Å². The van der Waals surface area contributed by atoms with Crippen molar-refractivity contribution in [2.45, 2.75) is 6.92 Å². The van der Waals surface area contributed by atoms with Crippen LogP contribution < -0.4 is 11.2 Å². The number of nitrogens with zero attached hydrogens (tertiary/aromatic N) is 3. The molecule has 3 heterocycles. The lowest BCUT2D eigenvalue weighted by Crippen LogP contribution is -2.38. The van der Waals surface area contributed by atoms with Gasteiger partial charge >= 0.3 is 5.69 Å². The van der Waals surface area contributed by atoms with E-state index in [0.717, 1.165) is 29.0 Å². The Balaban J connectivity index is 1.91. The molecule has 3 aromatic heterocycles. The highest BCUT2D eigenvalue weighted by molar-refractivity contribution is 7.17. The van der Waals surface area contributed by atoms with Crippen LogP contribution in [0.2, 0.25) is 0 Å².